The Morgan fingerprint density at radius 2 is 1.78 bits per heavy atom. The Hall–Kier alpha value is -4.45. The molecule has 0 saturated carbocycles. The van der Waals surface area contributed by atoms with Gasteiger partial charge in [0, 0.05) is 23.6 Å². The molecule has 2 heterocycles. The molecule has 12 heteroatoms. The van der Waals surface area contributed by atoms with E-state index in [1.165, 1.54) is 12.4 Å². The molecular formula is C25H22F3N5O4. The number of carbonyl (C=O) groups is 2. The zero-order valence-electron chi connectivity index (χ0n) is 19.4. The van der Waals surface area contributed by atoms with Gasteiger partial charge in [-0.05, 0) is 36.4 Å². The topological polar surface area (TPSA) is 114 Å². The van der Waals surface area contributed by atoms with Crippen molar-refractivity contribution in [3.05, 3.63) is 67.5 Å². The van der Waals surface area contributed by atoms with Crippen molar-refractivity contribution in [2.24, 2.45) is 0 Å². The molecule has 37 heavy (non-hydrogen) atoms. The first-order valence-electron chi connectivity index (χ1n) is 11.1. The standard InChI is InChI=1S/C25H22F3N5O4/c1-3-22(34)32-18-6-5-14(9-17(18)25(26,27)28)31-24-16-10-20(33-23(35)4-2)21(11-19(16)29-13-30-24)37-15-7-8-36-12-15/h3-6,9-11,13,15H,1-2,7-8,12H2,(H,32,34)(H,33,35)(H,29,30,31). The molecule has 3 aromatic rings. The van der Waals surface area contributed by atoms with Crippen LogP contribution in [0.25, 0.3) is 10.9 Å². The number of benzene rings is 2. The number of ether oxygens (including phenoxy) is 2. The van der Waals surface area contributed by atoms with E-state index in [1.54, 1.807) is 12.1 Å². The van der Waals surface area contributed by atoms with Crippen LogP contribution in [0.5, 0.6) is 5.75 Å². The summed E-state index contributed by atoms with van der Waals surface area (Å²) in [6.07, 6.45) is -1.06. The SMILES string of the molecule is C=CC(=O)Nc1cc2c(Nc3ccc(NC(=O)C=C)c(C(F)(F)F)c3)ncnc2cc1OC1CCOC1. The second-order valence-corrected chi connectivity index (χ2v) is 7.96. The quantitative estimate of drug-likeness (QED) is 0.371. The summed E-state index contributed by atoms with van der Waals surface area (Å²) in [5, 5.41) is 8.10. The molecule has 0 aliphatic carbocycles. The number of fused-ring (bicyclic) bond motifs is 1. The maximum Gasteiger partial charge on any atom is 0.418 e. The Morgan fingerprint density at radius 3 is 2.43 bits per heavy atom. The molecule has 1 fully saturated rings. The number of nitrogens with one attached hydrogen (secondary N) is 3. The Labute approximate surface area is 209 Å². The van der Waals surface area contributed by atoms with Crippen molar-refractivity contribution in [1.29, 1.82) is 0 Å². The van der Waals surface area contributed by atoms with Gasteiger partial charge in [0.1, 0.15) is 24.0 Å². The van der Waals surface area contributed by atoms with E-state index in [0.717, 1.165) is 24.3 Å². The van der Waals surface area contributed by atoms with Crippen LogP contribution in [-0.4, -0.2) is 41.1 Å². The molecule has 0 radical (unpaired) electrons. The fraction of sp³-hybridized carbons (Fsp3) is 0.200. The molecule has 3 N–H and O–H groups in total. The van der Waals surface area contributed by atoms with Gasteiger partial charge in [0.15, 0.2) is 0 Å². The van der Waals surface area contributed by atoms with Gasteiger partial charge in [0.05, 0.1) is 35.7 Å². The van der Waals surface area contributed by atoms with Crippen LogP contribution < -0.4 is 20.7 Å². The highest BCUT2D eigenvalue weighted by atomic mass is 19.4. The molecule has 192 valence electrons. The van der Waals surface area contributed by atoms with E-state index >= 15 is 0 Å². The molecule has 4 rings (SSSR count). The van der Waals surface area contributed by atoms with E-state index in [-0.39, 0.29) is 17.6 Å². The molecule has 2 aromatic carbocycles. The highest BCUT2D eigenvalue weighted by Crippen LogP contribution is 2.38. The summed E-state index contributed by atoms with van der Waals surface area (Å²) < 4.78 is 52.4. The molecule has 2 amide bonds. The summed E-state index contributed by atoms with van der Waals surface area (Å²) in [7, 11) is 0. The van der Waals surface area contributed by atoms with Crippen molar-refractivity contribution < 1.29 is 32.2 Å². The van der Waals surface area contributed by atoms with Gasteiger partial charge in [-0.1, -0.05) is 13.2 Å². The zero-order valence-corrected chi connectivity index (χ0v) is 19.4. The number of hydrogen-bond donors (Lipinski definition) is 3. The van der Waals surface area contributed by atoms with Crippen molar-refractivity contribution in [3.8, 4) is 5.75 Å². The minimum Gasteiger partial charge on any atom is -0.486 e. The first-order chi connectivity index (χ1) is 17.7. The van der Waals surface area contributed by atoms with Crippen molar-refractivity contribution in [2.75, 3.05) is 29.2 Å². The summed E-state index contributed by atoms with van der Waals surface area (Å²) in [6.45, 7) is 7.65. The summed E-state index contributed by atoms with van der Waals surface area (Å²) in [4.78, 5) is 32.0. The maximum atomic E-state index is 13.7. The lowest BCUT2D eigenvalue weighted by molar-refractivity contribution is -0.136. The number of nitrogens with zero attached hydrogens (tertiary/aromatic N) is 2. The van der Waals surface area contributed by atoms with Gasteiger partial charge in [-0.2, -0.15) is 13.2 Å². The van der Waals surface area contributed by atoms with Crippen molar-refractivity contribution in [1.82, 2.24) is 9.97 Å². The van der Waals surface area contributed by atoms with Crippen LogP contribution in [0, 0.1) is 0 Å². The number of amides is 2. The Balaban J connectivity index is 1.73. The third kappa shape index (κ3) is 6.04. The number of anilines is 4. The van der Waals surface area contributed by atoms with E-state index < -0.39 is 29.2 Å². The lowest BCUT2D eigenvalue weighted by Crippen LogP contribution is -2.18. The molecule has 1 aliphatic heterocycles. The lowest BCUT2D eigenvalue weighted by Gasteiger charge is -2.18. The highest BCUT2D eigenvalue weighted by Gasteiger charge is 2.34. The second-order valence-electron chi connectivity index (χ2n) is 7.96. The average molecular weight is 513 g/mol. The predicted octanol–water partition coefficient (Wildman–Crippen LogP) is 4.81. The highest BCUT2D eigenvalue weighted by molar-refractivity contribution is 6.03. The molecule has 1 aromatic heterocycles. The van der Waals surface area contributed by atoms with Gasteiger partial charge >= 0.3 is 6.18 Å². The van der Waals surface area contributed by atoms with Gasteiger partial charge < -0.3 is 25.4 Å². The van der Waals surface area contributed by atoms with Gasteiger partial charge in [-0.3, -0.25) is 9.59 Å². The van der Waals surface area contributed by atoms with E-state index in [2.05, 4.69) is 39.1 Å². The van der Waals surface area contributed by atoms with Crippen LogP contribution in [0.3, 0.4) is 0 Å². The van der Waals surface area contributed by atoms with Crippen LogP contribution in [0.2, 0.25) is 0 Å². The molecule has 1 aliphatic rings. The van der Waals surface area contributed by atoms with Gasteiger partial charge in [-0.25, -0.2) is 9.97 Å². The molecule has 9 nitrogen and oxygen atoms in total. The van der Waals surface area contributed by atoms with Crippen LogP contribution in [0.15, 0.2) is 62.0 Å². The van der Waals surface area contributed by atoms with Gasteiger partial charge in [0.2, 0.25) is 11.8 Å². The summed E-state index contributed by atoms with van der Waals surface area (Å²) in [6, 6.07) is 6.51. The lowest BCUT2D eigenvalue weighted by atomic mass is 10.1. The third-order valence-corrected chi connectivity index (χ3v) is 5.39. The molecule has 0 bridgehead atoms. The number of aromatic nitrogens is 2. The van der Waals surface area contributed by atoms with E-state index in [1.807, 2.05) is 0 Å². The van der Waals surface area contributed by atoms with Crippen LogP contribution in [0.4, 0.5) is 36.1 Å². The van der Waals surface area contributed by atoms with E-state index in [9.17, 15) is 22.8 Å². The second kappa shape index (κ2) is 10.7. The predicted molar refractivity (Wildman–Crippen MR) is 132 cm³/mol. The maximum absolute atomic E-state index is 13.7. The molecule has 1 unspecified atom stereocenters. The van der Waals surface area contributed by atoms with Crippen LogP contribution >= 0.6 is 0 Å². The zero-order chi connectivity index (χ0) is 26.6. The fourth-order valence-electron chi connectivity index (χ4n) is 3.63. The minimum atomic E-state index is -4.74. The Kier molecular flexibility index (Phi) is 7.39. The number of alkyl halides is 3. The normalized spacial score (nSPS) is 15.2. The summed E-state index contributed by atoms with van der Waals surface area (Å²) >= 11 is 0. The van der Waals surface area contributed by atoms with Crippen molar-refractivity contribution in [2.45, 2.75) is 18.7 Å². The van der Waals surface area contributed by atoms with Crippen molar-refractivity contribution >= 4 is 45.6 Å². The average Bonchev–Trinajstić information content (AvgIpc) is 3.38. The monoisotopic (exact) mass is 513 g/mol. The summed E-state index contributed by atoms with van der Waals surface area (Å²) in [5.74, 6) is -0.718. The number of carbonyl (C=O) groups excluding carboxylic acids is 2. The smallest absolute Gasteiger partial charge is 0.418 e. The van der Waals surface area contributed by atoms with E-state index in [4.69, 9.17) is 9.47 Å². The van der Waals surface area contributed by atoms with Gasteiger partial charge in [0.25, 0.3) is 0 Å². The Bertz CT molecular complexity index is 1370. The van der Waals surface area contributed by atoms with E-state index in [0.29, 0.717) is 42.0 Å². The Morgan fingerprint density at radius 1 is 1.05 bits per heavy atom. The van der Waals surface area contributed by atoms with Crippen LogP contribution in [0.1, 0.15) is 12.0 Å². The third-order valence-electron chi connectivity index (χ3n) is 5.39. The number of hydrogen-bond acceptors (Lipinski definition) is 7. The van der Waals surface area contributed by atoms with Crippen LogP contribution in [-0.2, 0) is 20.5 Å². The first kappa shape index (κ1) is 25.6. The fourth-order valence-corrected chi connectivity index (χ4v) is 3.63. The number of halogens is 3. The molecule has 1 atom stereocenters. The largest absolute Gasteiger partial charge is 0.486 e. The summed E-state index contributed by atoms with van der Waals surface area (Å²) in [5.41, 5.74) is -0.680. The number of rotatable bonds is 8. The first-order valence-corrected chi connectivity index (χ1v) is 11.1. The molecule has 0 spiro atoms. The molecular weight excluding hydrogens is 491 g/mol. The minimum absolute atomic E-state index is 0.0593. The van der Waals surface area contributed by atoms with Gasteiger partial charge in [-0.15, -0.1) is 0 Å². The van der Waals surface area contributed by atoms with Crippen molar-refractivity contribution in [3.63, 3.8) is 0 Å². The molecule has 1 saturated heterocycles.